The van der Waals surface area contributed by atoms with Crippen LogP contribution in [0.15, 0.2) is 42.5 Å². The minimum absolute atomic E-state index is 0.172. The Labute approximate surface area is 113 Å². The van der Waals surface area contributed by atoms with Crippen molar-refractivity contribution in [3.8, 4) is 11.5 Å². The molecule has 0 heterocycles. The Morgan fingerprint density at radius 3 is 2.30 bits per heavy atom. The molecule has 0 aliphatic heterocycles. The second kappa shape index (κ2) is 6.01. The topological polar surface area (TPSA) is 61.6 Å². The van der Waals surface area contributed by atoms with Crippen LogP contribution in [-0.4, -0.2) is 6.09 Å². The van der Waals surface area contributed by atoms with Crippen LogP contribution in [0.4, 0.5) is 13.6 Å². The molecule has 0 saturated carbocycles. The lowest BCUT2D eigenvalue weighted by molar-refractivity contribution is 0.210. The van der Waals surface area contributed by atoms with E-state index in [0.29, 0.717) is 5.75 Å². The Hall–Kier alpha value is -2.63. The number of nitrogens with two attached hydrogens (primary N) is 1. The van der Waals surface area contributed by atoms with Crippen LogP contribution in [0.25, 0.3) is 0 Å². The molecule has 2 rings (SSSR count). The molecule has 2 aromatic carbocycles. The zero-order chi connectivity index (χ0) is 14.5. The number of carbonyl (C=O) groups excluding carboxylic acids is 1. The van der Waals surface area contributed by atoms with E-state index in [0.717, 1.165) is 12.1 Å². The molecule has 0 radical (unpaired) electrons. The highest BCUT2D eigenvalue weighted by molar-refractivity contribution is 5.68. The minimum atomic E-state index is -0.956. The van der Waals surface area contributed by atoms with Gasteiger partial charge in [0.15, 0.2) is 0 Å². The maximum Gasteiger partial charge on any atom is 0.409 e. The van der Waals surface area contributed by atoms with Crippen molar-refractivity contribution >= 4 is 6.09 Å². The highest BCUT2D eigenvalue weighted by Gasteiger charge is 2.09. The quantitative estimate of drug-likeness (QED) is 0.935. The fourth-order valence-corrected chi connectivity index (χ4v) is 1.57. The van der Waals surface area contributed by atoms with Gasteiger partial charge < -0.3 is 15.2 Å². The van der Waals surface area contributed by atoms with Gasteiger partial charge in [-0.3, -0.25) is 0 Å². The average Bonchev–Trinajstić information content (AvgIpc) is 2.38. The summed E-state index contributed by atoms with van der Waals surface area (Å²) in [7, 11) is 0. The van der Waals surface area contributed by atoms with Gasteiger partial charge in [-0.2, -0.15) is 0 Å². The zero-order valence-corrected chi connectivity index (χ0v) is 10.3. The molecule has 0 spiro atoms. The molecule has 6 heteroatoms. The maximum absolute atomic E-state index is 13.4. The van der Waals surface area contributed by atoms with E-state index < -0.39 is 17.7 Å². The van der Waals surface area contributed by atoms with Gasteiger partial charge in [0.1, 0.15) is 29.7 Å². The van der Waals surface area contributed by atoms with Gasteiger partial charge in [0.05, 0.1) is 5.56 Å². The van der Waals surface area contributed by atoms with Crippen molar-refractivity contribution in [1.29, 1.82) is 0 Å². The normalized spacial score (nSPS) is 10.1. The van der Waals surface area contributed by atoms with E-state index in [4.69, 9.17) is 10.5 Å². The number of ether oxygens (including phenoxy) is 2. The molecule has 0 saturated heterocycles. The summed E-state index contributed by atoms with van der Waals surface area (Å²) in [6.45, 7) is -0.279. The van der Waals surface area contributed by atoms with E-state index in [1.807, 2.05) is 0 Å². The van der Waals surface area contributed by atoms with Crippen LogP contribution >= 0.6 is 0 Å². The summed E-state index contributed by atoms with van der Waals surface area (Å²) in [6, 6.07) is 9.58. The number of hydrogen-bond donors (Lipinski definition) is 1. The molecule has 4 nitrogen and oxygen atoms in total. The third-order valence-corrected chi connectivity index (χ3v) is 2.47. The highest BCUT2D eigenvalue weighted by Crippen LogP contribution is 2.21. The van der Waals surface area contributed by atoms with Crippen molar-refractivity contribution in [2.45, 2.75) is 6.61 Å². The Balaban J connectivity index is 2.09. The predicted octanol–water partition coefficient (Wildman–Crippen LogP) is 3.00. The molecule has 104 valence electrons. The van der Waals surface area contributed by atoms with Gasteiger partial charge in [0.25, 0.3) is 0 Å². The third-order valence-electron chi connectivity index (χ3n) is 2.47. The first-order valence-corrected chi connectivity index (χ1v) is 5.69. The third kappa shape index (κ3) is 3.44. The van der Waals surface area contributed by atoms with Crippen molar-refractivity contribution in [2.24, 2.45) is 5.73 Å². The molecule has 0 aliphatic carbocycles. The van der Waals surface area contributed by atoms with E-state index in [9.17, 15) is 13.6 Å². The summed E-state index contributed by atoms with van der Waals surface area (Å²) >= 11 is 0. The van der Waals surface area contributed by atoms with Crippen LogP contribution < -0.4 is 15.2 Å². The summed E-state index contributed by atoms with van der Waals surface area (Å²) in [4.78, 5) is 10.6. The van der Waals surface area contributed by atoms with Crippen molar-refractivity contribution < 1.29 is 23.0 Å². The van der Waals surface area contributed by atoms with E-state index in [-0.39, 0.29) is 17.9 Å². The number of amides is 1. The second-order valence-electron chi connectivity index (χ2n) is 3.88. The van der Waals surface area contributed by atoms with Gasteiger partial charge in [0, 0.05) is 6.07 Å². The SMILES string of the molecule is NC(=O)Oc1cccc(OCc2c(F)cccc2F)c1. The van der Waals surface area contributed by atoms with E-state index in [1.54, 1.807) is 12.1 Å². The van der Waals surface area contributed by atoms with Crippen LogP contribution in [0.3, 0.4) is 0 Å². The van der Waals surface area contributed by atoms with Gasteiger partial charge in [-0.15, -0.1) is 0 Å². The fourth-order valence-electron chi connectivity index (χ4n) is 1.57. The van der Waals surface area contributed by atoms with Crippen LogP contribution in [-0.2, 0) is 6.61 Å². The molecular formula is C14H11F2NO3. The summed E-state index contributed by atoms with van der Waals surface area (Å²) in [5, 5.41) is 0. The number of primary amides is 1. The monoisotopic (exact) mass is 279 g/mol. The Morgan fingerprint density at radius 2 is 1.65 bits per heavy atom. The first-order valence-electron chi connectivity index (χ1n) is 5.69. The Morgan fingerprint density at radius 1 is 1.05 bits per heavy atom. The largest absolute Gasteiger partial charge is 0.489 e. The number of rotatable bonds is 4. The molecule has 2 N–H and O–H groups in total. The van der Waals surface area contributed by atoms with E-state index in [2.05, 4.69) is 4.74 Å². The van der Waals surface area contributed by atoms with Crippen LogP contribution in [0.5, 0.6) is 11.5 Å². The number of halogens is 2. The lowest BCUT2D eigenvalue weighted by atomic mass is 10.2. The molecule has 1 amide bonds. The fraction of sp³-hybridized carbons (Fsp3) is 0.0714. The van der Waals surface area contributed by atoms with Crippen molar-refractivity contribution in [2.75, 3.05) is 0 Å². The van der Waals surface area contributed by atoms with Crippen LogP contribution in [0.1, 0.15) is 5.56 Å². The van der Waals surface area contributed by atoms with Gasteiger partial charge in [0.2, 0.25) is 0 Å². The first kappa shape index (κ1) is 13.8. The molecule has 0 aliphatic rings. The van der Waals surface area contributed by atoms with Gasteiger partial charge in [-0.05, 0) is 24.3 Å². The lowest BCUT2D eigenvalue weighted by Crippen LogP contribution is -2.16. The van der Waals surface area contributed by atoms with Crippen LogP contribution in [0, 0.1) is 11.6 Å². The highest BCUT2D eigenvalue weighted by atomic mass is 19.1. The standard InChI is InChI=1S/C14H11F2NO3/c15-12-5-2-6-13(16)11(12)8-19-9-3-1-4-10(7-9)20-14(17)18/h1-7H,8H2,(H2,17,18). The van der Waals surface area contributed by atoms with E-state index >= 15 is 0 Å². The van der Waals surface area contributed by atoms with Crippen molar-refractivity contribution in [1.82, 2.24) is 0 Å². The smallest absolute Gasteiger partial charge is 0.409 e. The second-order valence-corrected chi connectivity index (χ2v) is 3.88. The molecule has 0 atom stereocenters. The lowest BCUT2D eigenvalue weighted by Gasteiger charge is -2.09. The first-order chi connectivity index (χ1) is 9.56. The summed E-state index contributed by atoms with van der Waals surface area (Å²) in [5.74, 6) is -0.889. The average molecular weight is 279 g/mol. The molecule has 0 fully saturated rings. The predicted molar refractivity (Wildman–Crippen MR) is 67.3 cm³/mol. The summed E-state index contributed by atoms with van der Waals surface area (Å²) < 4.78 is 36.7. The molecule has 0 unspecified atom stereocenters. The number of carbonyl (C=O) groups is 1. The van der Waals surface area contributed by atoms with Gasteiger partial charge >= 0.3 is 6.09 Å². The number of hydrogen-bond acceptors (Lipinski definition) is 3. The number of benzene rings is 2. The molecular weight excluding hydrogens is 268 g/mol. The summed E-state index contributed by atoms with van der Waals surface area (Å²) in [6.07, 6.45) is -0.956. The van der Waals surface area contributed by atoms with Crippen molar-refractivity contribution in [3.05, 3.63) is 59.7 Å². The molecule has 20 heavy (non-hydrogen) atoms. The van der Waals surface area contributed by atoms with Gasteiger partial charge in [-0.1, -0.05) is 12.1 Å². The van der Waals surface area contributed by atoms with Crippen LogP contribution in [0.2, 0.25) is 0 Å². The maximum atomic E-state index is 13.4. The Bertz CT molecular complexity index is 611. The molecule has 0 bridgehead atoms. The summed E-state index contributed by atoms with van der Waals surface area (Å²) in [5.41, 5.74) is 4.71. The van der Waals surface area contributed by atoms with E-state index in [1.165, 1.54) is 18.2 Å². The molecule has 0 aromatic heterocycles. The molecule has 2 aromatic rings. The van der Waals surface area contributed by atoms with Crippen molar-refractivity contribution in [3.63, 3.8) is 0 Å². The minimum Gasteiger partial charge on any atom is -0.489 e. The Kier molecular flexibility index (Phi) is 4.14. The van der Waals surface area contributed by atoms with Gasteiger partial charge in [-0.25, -0.2) is 13.6 Å². The zero-order valence-electron chi connectivity index (χ0n) is 10.3.